The van der Waals surface area contributed by atoms with Crippen LogP contribution in [0.15, 0.2) is 46.1 Å². The Bertz CT molecular complexity index is 1090. The van der Waals surface area contributed by atoms with Gasteiger partial charge < -0.3 is 19.7 Å². The minimum Gasteiger partial charge on any atom is -0.417 e. The second-order valence-electron chi connectivity index (χ2n) is 6.19. The summed E-state index contributed by atoms with van der Waals surface area (Å²) in [6.07, 6.45) is -4.65. The number of aliphatic hydroxyl groups is 2. The Hall–Kier alpha value is -3.26. The highest BCUT2D eigenvalue weighted by Crippen LogP contribution is 2.42. The van der Waals surface area contributed by atoms with Gasteiger partial charge in [0.15, 0.2) is 6.10 Å². The van der Waals surface area contributed by atoms with E-state index in [0.717, 1.165) is 6.20 Å². The molecular weight excluding hydrogens is 387 g/mol. The summed E-state index contributed by atoms with van der Waals surface area (Å²) in [6, 6.07) is 7.43. The molecule has 2 aromatic rings. The molecular formula is C19H17FN2O7. The number of rotatable bonds is 4. The minimum atomic E-state index is -3.24. The maximum atomic E-state index is 15.8. The number of alkyl halides is 1. The molecule has 1 aromatic heterocycles. The molecule has 3 rings (SSSR count). The number of nitrogens with one attached hydrogen (secondary N) is 1. The van der Waals surface area contributed by atoms with Crippen molar-refractivity contribution in [1.82, 2.24) is 9.55 Å². The van der Waals surface area contributed by atoms with E-state index in [1.54, 1.807) is 6.07 Å². The first-order chi connectivity index (χ1) is 13.8. The van der Waals surface area contributed by atoms with E-state index in [-0.39, 0.29) is 11.1 Å². The van der Waals surface area contributed by atoms with E-state index in [1.807, 2.05) is 4.98 Å². The van der Waals surface area contributed by atoms with Gasteiger partial charge >= 0.3 is 17.5 Å². The summed E-state index contributed by atoms with van der Waals surface area (Å²) in [5.41, 5.74) is -2.06. The van der Waals surface area contributed by atoms with Crippen LogP contribution in [0.1, 0.15) is 29.1 Å². The number of aromatic nitrogens is 2. The van der Waals surface area contributed by atoms with Crippen LogP contribution in [-0.4, -0.2) is 50.4 Å². The molecule has 2 heterocycles. The first-order valence-electron chi connectivity index (χ1n) is 8.51. The van der Waals surface area contributed by atoms with Crippen LogP contribution in [0.5, 0.6) is 0 Å². The largest absolute Gasteiger partial charge is 0.417 e. The monoisotopic (exact) mass is 404 g/mol. The Kier molecular flexibility index (Phi) is 5.65. The number of ether oxygens (including phenoxy) is 2. The topological polar surface area (TPSA) is 131 Å². The highest BCUT2D eigenvalue weighted by Gasteiger charge is 2.61. The normalized spacial score (nSPS) is 25.9. The van der Waals surface area contributed by atoms with Gasteiger partial charge in [-0.15, -0.1) is 5.92 Å². The van der Waals surface area contributed by atoms with Crippen molar-refractivity contribution >= 4 is 5.97 Å². The van der Waals surface area contributed by atoms with Gasteiger partial charge in [0.25, 0.3) is 5.56 Å². The van der Waals surface area contributed by atoms with Gasteiger partial charge in [0.1, 0.15) is 11.7 Å². The SMILES string of the molecule is CC#Cc1cn([C@@H]2O[C@H](CO)[C@@H](O)[C@@]2(F)OC(=O)c2ccccc2)c(=O)[nH]c1=O. The van der Waals surface area contributed by atoms with Crippen LogP contribution in [-0.2, 0) is 9.47 Å². The van der Waals surface area contributed by atoms with E-state index < -0.39 is 48.1 Å². The first-order valence-corrected chi connectivity index (χ1v) is 8.51. The zero-order valence-corrected chi connectivity index (χ0v) is 15.2. The van der Waals surface area contributed by atoms with Crippen molar-refractivity contribution in [2.75, 3.05) is 6.61 Å². The summed E-state index contributed by atoms with van der Waals surface area (Å²) in [5.74, 6) is 0.560. The van der Waals surface area contributed by atoms with Crippen LogP contribution in [0.4, 0.5) is 4.39 Å². The smallest absolute Gasteiger partial charge is 0.341 e. The molecule has 0 radical (unpaired) electrons. The fraction of sp³-hybridized carbons (Fsp3) is 0.316. The molecule has 1 saturated heterocycles. The molecule has 10 heteroatoms. The second kappa shape index (κ2) is 8.00. The van der Waals surface area contributed by atoms with Crippen molar-refractivity contribution in [3.63, 3.8) is 0 Å². The van der Waals surface area contributed by atoms with Gasteiger partial charge in [-0.2, -0.15) is 4.39 Å². The Morgan fingerprint density at radius 2 is 2.07 bits per heavy atom. The predicted molar refractivity (Wildman–Crippen MR) is 96.6 cm³/mol. The zero-order chi connectivity index (χ0) is 21.2. The van der Waals surface area contributed by atoms with E-state index >= 15 is 4.39 Å². The molecule has 0 bridgehead atoms. The molecule has 3 N–H and O–H groups in total. The van der Waals surface area contributed by atoms with Crippen molar-refractivity contribution < 1.29 is 28.9 Å². The number of carbonyl (C=O) groups excluding carboxylic acids is 1. The molecule has 0 spiro atoms. The number of benzene rings is 1. The highest BCUT2D eigenvalue weighted by atomic mass is 19.2. The Morgan fingerprint density at radius 3 is 2.69 bits per heavy atom. The third-order valence-corrected chi connectivity index (χ3v) is 4.31. The number of nitrogens with zero attached hydrogens (tertiary/aromatic N) is 1. The lowest BCUT2D eigenvalue weighted by Gasteiger charge is -2.28. The zero-order valence-electron chi connectivity index (χ0n) is 15.2. The molecule has 152 valence electrons. The van der Waals surface area contributed by atoms with Gasteiger partial charge in [0.05, 0.1) is 12.2 Å². The molecule has 0 aliphatic carbocycles. The standard InChI is InChI=1S/C19H17FN2O7/c1-2-6-12-9-22(18(27)21-15(12)25)17-19(20,14(24)13(10-23)28-17)29-16(26)11-7-4-3-5-8-11/h3-5,7-9,13-14,17,23-24H,10H2,1H3,(H,21,25,27)/t13-,14-,17-,19-/m1/s1. The Labute approximate surface area is 163 Å². The van der Waals surface area contributed by atoms with Crippen LogP contribution >= 0.6 is 0 Å². The lowest BCUT2D eigenvalue weighted by Crippen LogP contribution is -2.49. The maximum Gasteiger partial charge on any atom is 0.341 e. The molecule has 4 atom stereocenters. The van der Waals surface area contributed by atoms with E-state index in [9.17, 15) is 24.6 Å². The second-order valence-corrected chi connectivity index (χ2v) is 6.19. The summed E-state index contributed by atoms with van der Waals surface area (Å²) >= 11 is 0. The van der Waals surface area contributed by atoms with Crippen molar-refractivity contribution in [2.45, 2.75) is 31.2 Å². The van der Waals surface area contributed by atoms with E-state index in [0.29, 0.717) is 4.57 Å². The highest BCUT2D eigenvalue weighted by molar-refractivity contribution is 5.89. The third kappa shape index (κ3) is 3.71. The third-order valence-electron chi connectivity index (χ3n) is 4.31. The van der Waals surface area contributed by atoms with Crippen LogP contribution in [0, 0.1) is 11.8 Å². The molecule has 1 fully saturated rings. The number of hydrogen-bond acceptors (Lipinski definition) is 7. The van der Waals surface area contributed by atoms with Gasteiger partial charge in [-0.05, 0) is 19.1 Å². The lowest BCUT2D eigenvalue weighted by atomic mass is 10.1. The summed E-state index contributed by atoms with van der Waals surface area (Å²) < 4.78 is 26.6. The van der Waals surface area contributed by atoms with Gasteiger partial charge in [0, 0.05) is 6.20 Å². The average Bonchev–Trinajstić information content (AvgIpc) is 2.95. The number of aromatic amines is 1. The van der Waals surface area contributed by atoms with Crippen molar-refractivity contribution in [3.05, 3.63) is 68.5 Å². The average molecular weight is 404 g/mol. The molecule has 0 unspecified atom stereocenters. The lowest BCUT2D eigenvalue weighted by molar-refractivity contribution is -0.198. The molecule has 1 aliphatic heterocycles. The molecule has 9 nitrogen and oxygen atoms in total. The van der Waals surface area contributed by atoms with Crippen LogP contribution in [0.3, 0.4) is 0 Å². The number of esters is 1. The fourth-order valence-electron chi connectivity index (χ4n) is 2.90. The molecule has 0 saturated carbocycles. The van der Waals surface area contributed by atoms with Crippen molar-refractivity contribution in [1.29, 1.82) is 0 Å². The number of hydrogen-bond donors (Lipinski definition) is 3. The summed E-state index contributed by atoms with van der Waals surface area (Å²) in [7, 11) is 0. The molecule has 29 heavy (non-hydrogen) atoms. The maximum absolute atomic E-state index is 15.8. The van der Waals surface area contributed by atoms with Gasteiger partial charge in [-0.1, -0.05) is 24.1 Å². The number of halogens is 1. The van der Waals surface area contributed by atoms with Crippen LogP contribution in [0.2, 0.25) is 0 Å². The quantitative estimate of drug-likeness (QED) is 0.470. The minimum absolute atomic E-state index is 0.00530. The summed E-state index contributed by atoms with van der Waals surface area (Å²) in [5, 5.41) is 19.7. The van der Waals surface area contributed by atoms with E-state index in [2.05, 4.69) is 11.8 Å². The molecule has 1 aliphatic rings. The molecule has 1 aromatic carbocycles. The van der Waals surface area contributed by atoms with E-state index in [4.69, 9.17) is 9.47 Å². The predicted octanol–water partition coefficient (Wildman–Crippen LogP) is -0.319. The van der Waals surface area contributed by atoms with Crippen LogP contribution < -0.4 is 11.2 Å². The van der Waals surface area contributed by atoms with Gasteiger partial charge in [-0.3, -0.25) is 14.3 Å². The summed E-state index contributed by atoms with van der Waals surface area (Å²) in [6.45, 7) is 0.638. The van der Waals surface area contributed by atoms with Gasteiger partial charge in [0.2, 0.25) is 6.23 Å². The first kappa shape index (κ1) is 20.5. The number of carbonyl (C=O) groups is 1. The van der Waals surface area contributed by atoms with E-state index in [1.165, 1.54) is 31.2 Å². The Balaban J connectivity index is 2.07. The van der Waals surface area contributed by atoms with Gasteiger partial charge in [-0.25, -0.2) is 9.59 Å². The van der Waals surface area contributed by atoms with Crippen molar-refractivity contribution in [2.24, 2.45) is 0 Å². The van der Waals surface area contributed by atoms with Crippen molar-refractivity contribution in [3.8, 4) is 11.8 Å². The Morgan fingerprint density at radius 1 is 1.38 bits per heavy atom. The molecule has 0 amide bonds. The fourth-order valence-corrected chi connectivity index (χ4v) is 2.90. The van der Waals surface area contributed by atoms with Crippen LogP contribution in [0.25, 0.3) is 0 Å². The summed E-state index contributed by atoms with van der Waals surface area (Å²) in [4.78, 5) is 38.4. The number of H-pyrrole nitrogens is 1. The number of aliphatic hydroxyl groups excluding tert-OH is 2.